The molecule has 0 saturated carbocycles. The number of hydrogen-bond donors (Lipinski definition) is 3. The van der Waals surface area contributed by atoms with E-state index in [0.717, 1.165) is 56.6 Å². The van der Waals surface area contributed by atoms with Crippen molar-refractivity contribution in [1.82, 2.24) is 15.2 Å². The van der Waals surface area contributed by atoms with E-state index in [0.29, 0.717) is 34.3 Å². The first kappa shape index (κ1) is 28.7. The van der Waals surface area contributed by atoms with Crippen LogP contribution in [0, 0.1) is 13.8 Å². The Morgan fingerprint density at radius 1 is 1.16 bits per heavy atom. The average molecular weight is 532 g/mol. The molecule has 1 aromatic carbocycles. The third-order valence-corrected chi connectivity index (χ3v) is 6.90. The first-order valence-electron chi connectivity index (χ1n) is 12.6. The number of nitrogens with zero attached hydrogens (tertiary/aromatic N) is 2. The Balaban J connectivity index is 1.40. The van der Waals surface area contributed by atoms with Gasteiger partial charge in [0.25, 0.3) is 5.91 Å². The Bertz CT molecular complexity index is 1080. The van der Waals surface area contributed by atoms with Crippen LogP contribution in [0.1, 0.15) is 53.7 Å². The van der Waals surface area contributed by atoms with E-state index in [1.165, 1.54) is 13.2 Å². The Morgan fingerprint density at radius 2 is 1.95 bits per heavy atom. The Hall–Kier alpha value is -2.88. The van der Waals surface area contributed by atoms with Crippen molar-refractivity contribution in [3.05, 3.63) is 46.1 Å². The van der Waals surface area contributed by atoms with Gasteiger partial charge in [-0.2, -0.15) is 0 Å². The second kappa shape index (κ2) is 13.6. The first-order chi connectivity index (χ1) is 17.7. The number of piperidine rings is 1. The highest BCUT2D eigenvalue weighted by atomic mass is 35.5. The molecule has 2 aromatic rings. The quantitative estimate of drug-likeness (QED) is 0.296. The summed E-state index contributed by atoms with van der Waals surface area (Å²) < 4.78 is 11.0. The molecule has 2 atom stereocenters. The second-order valence-corrected chi connectivity index (χ2v) is 9.95. The summed E-state index contributed by atoms with van der Waals surface area (Å²) in [5.74, 6) is 0.715. The number of carbonyl (C=O) groups excluding carboxylic acids is 2. The zero-order chi connectivity index (χ0) is 26.9. The van der Waals surface area contributed by atoms with E-state index >= 15 is 0 Å². The van der Waals surface area contributed by atoms with Crippen LogP contribution in [0.25, 0.3) is 0 Å². The van der Waals surface area contributed by atoms with E-state index in [2.05, 4.69) is 20.5 Å². The summed E-state index contributed by atoms with van der Waals surface area (Å²) in [6, 6.07) is 6.81. The largest absolute Gasteiger partial charge is 0.496 e. The van der Waals surface area contributed by atoms with E-state index in [9.17, 15) is 9.59 Å². The number of aromatic nitrogens is 1. The van der Waals surface area contributed by atoms with Crippen LogP contribution in [0.15, 0.2) is 24.3 Å². The van der Waals surface area contributed by atoms with Gasteiger partial charge < -0.3 is 30.7 Å². The number of rotatable bonds is 11. The summed E-state index contributed by atoms with van der Waals surface area (Å²) in [6.07, 6.45) is 3.87. The molecule has 3 rings (SSSR count). The number of nitrogen functional groups attached to an aromatic ring is 1. The van der Waals surface area contributed by atoms with Gasteiger partial charge in [0.1, 0.15) is 11.6 Å². The highest BCUT2D eigenvalue weighted by molar-refractivity contribution is 6.33. The number of methoxy groups -OCH3 is 2. The lowest BCUT2D eigenvalue weighted by Gasteiger charge is -2.38. The molecular weight excluding hydrogens is 494 g/mol. The van der Waals surface area contributed by atoms with Crippen molar-refractivity contribution < 1.29 is 19.1 Å². The van der Waals surface area contributed by atoms with E-state index in [-0.39, 0.29) is 24.0 Å². The van der Waals surface area contributed by atoms with E-state index in [4.69, 9.17) is 26.8 Å². The minimum atomic E-state index is -0.270. The van der Waals surface area contributed by atoms with Gasteiger partial charge in [-0.05, 0) is 63.4 Å². The molecule has 9 nitrogen and oxygen atoms in total. The van der Waals surface area contributed by atoms with Crippen molar-refractivity contribution in [2.75, 3.05) is 44.9 Å². The number of likely N-dealkylation sites (tertiary alicyclic amines) is 1. The molecule has 4 N–H and O–H groups in total. The molecule has 1 aliphatic heterocycles. The van der Waals surface area contributed by atoms with Crippen LogP contribution in [-0.4, -0.2) is 67.7 Å². The van der Waals surface area contributed by atoms with Crippen molar-refractivity contribution in [3.63, 3.8) is 0 Å². The summed E-state index contributed by atoms with van der Waals surface area (Å²) in [5.41, 5.74) is 8.50. The van der Waals surface area contributed by atoms with E-state index in [1.54, 1.807) is 13.2 Å². The summed E-state index contributed by atoms with van der Waals surface area (Å²) in [7, 11) is 3.15. The number of halogens is 1. The minimum absolute atomic E-state index is 0.00692. The third-order valence-electron chi connectivity index (χ3n) is 6.57. The minimum Gasteiger partial charge on any atom is -0.496 e. The molecular formula is C27H38ClN5O4. The van der Waals surface area contributed by atoms with E-state index < -0.39 is 0 Å². The van der Waals surface area contributed by atoms with Crippen LogP contribution in [0.3, 0.4) is 0 Å². The number of aryl methyl sites for hydroxylation is 2. The zero-order valence-electron chi connectivity index (χ0n) is 22.1. The fourth-order valence-corrected chi connectivity index (χ4v) is 4.82. The van der Waals surface area contributed by atoms with Gasteiger partial charge in [0.05, 0.1) is 35.5 Å². The maximum Gasteiger partial charge on any atom is 0.255 e. The van der Waals surface area contributed by atoms with Gasteiger partial charge in [-0.3, -0.25) is 9.59 Å². The number of pyridine rings is 1. The average Bonchev–Trinajstić information content (AvgIpc) is 2.85. The number of hydrogen-bond acceptors (Lipinski definition) is 7. The standard InChI is InChI=1S/C27H38ClN5O4/c1-17-12-18(2)30-25(13-17)32-26(34)8-6-5-7-10-33-11-9-22(24(16-33)37-4)31-27(35)19-14-20(28)21(29)15-23(19)36-3/h12-15,22,24H,5-11,16,29H2,1-4H3,(H,31,35)(H,30,32,34). The summed E-state index contributed by atoms with van der Waals surface area (Å²) in [4.78, 5) is 31.9. The Morgan fingerprint density at radius 3 is 2.65 bits per heavy atom. The third kappa shape index (κ3) is 8.31. The highest BCUT2D eigenvalue weighted by Crippen LogP contribution is 2.29. The van der Waals surface area contributed by atoms with Gasteiger partial charge >= 0.3 is 0 Å². The fraction of sp³-hybridized carbons (Fsp3) is 0.519. The normalized spacial score (nSPS) is 17.9. The topological polar surface area (TPSA) is 119 Å². The van der Waals surface area contributed by atoms with Crippen molar-refractivity contribution in [3.8, 4) is 5.75 Å². The number of nitrogens with one attached hydrogen (secondary N) is 2. The molecule has 0 spiro atoms. The van der Waals surface area contributed by atoms with Crippen LogP contribution in [0.2, 0.25) is 5.02 Å². The molecule has 2 heterocycles. The Labute approximate surface area is 224 Å². The number of anilines is 2. The molecule has 0 bridgehead atoms. The number of nitrogens with two attached hydrogens (primary N) is 1. The predicted octanol–water partition coefficient (Wildman–Crippen LogP) is 3.96. The van der Waals surface area contributed by atoms with Gasteiger partial charge in [-0.1, -0.05) is 18.0 Å². The summed E-state index contributed by atoms with van der Waals surface area (Å²) in [6.45, 7) is 6.40. The molecule has 1 aromatic heterocycles. The van der Waals surface area contributed by atoms with Crippen LogP contribution < -0.4 is 21.1 Å². The van der Waals surface area contributed by atoms with Gasteiger partial charge in [-0.15, -0.1) is 0 Å². The summed E-state index contributed by atoms with van der Waals surface area (Å²) in [5, 5.41) is 6.27. The van der Waals surface area contributed by atoms with Crippen LogP contribution in [-0.2, 0) is 9.53 Å². The lowest BCUT2D eigenvalue weighted by atomic mass is 10.00. The molecule has 2 amide bonds. The lowest BCUT2D eigenvalue weighted by molar-refractivity contribution is -0.116. The van der Waals surface area contributed by atoms with Crippen molar-refractivity contribution in [2.24, 2.45) is 0 Å². The highest BCUT2D eigenvalue weighted by Gasteiger charge is 2.31. The predicted molar refractivity (Wildman–Crippen MR) is 146 cm³/mol. The maximum atomic E-state index is 13.0. The summed E-state index contributed by atoms with van der Waals surface area (Å²) >= 11 is 6.12. The second-order valence-electron chi connectivity index (χ2n) is 9.55. The molecule has 1 aliphatic rings. The molecule has 37 heavy (non-hydrogen) atoms. The molecule has 0 radical (unpaired) electrons. The van der Waals surface area contributed by atoms with Gasteiger partial charge in [0.15, 0.2) is 0 Å². The smallest absolute Gasteiger partial charge is 0.255 e. The molecule has 10 heteroatoms. The fourth-order valence-electron chi connectivity index (χ4n) is 4.66. The zero-order valence-corrected chi connectivity index (χ0v) is 22.9. The molecule has 0 aliphatic carbocycles. The number of unbranched alkanes of at least 4 members (excludes halogenated alkanes) is 2. The maximum absolute atomic E-state index is 13.0. The molecule has 2 unspecified atom stereocenters. The van der Waals surface area contributed by atoms with Gasteiger partial charge in [0.2, 0.25) is 5.91 Å². The number of carbonyl (C=O) groups is 2. The van der Waals surface area contributed by atoms with Gasteiger partial charge in [0, 0.05) is 38.4 Å². The number of benzene rings is 1. The van der Waals surface area contributed by atoms with Crippen molar-refractivity contribution in [1.29, 1.82) is 0 Å². The molecule has 1 fully saturated rings. The van der Waals surface area contributed by atoms with Crippen molar-refractivity contribution in [2.45, 2.75) is 58.1 Å². The van der Waals surface area contributed by atoms with Gasteiger partial charge in [-0.25, -0.2) is 4.98 Å². The Kier molecular flexibility index (Phi) is 10.5. The van der Waals surface area contributed by atoms with Crippen LogP contribution >= 0.6 is 11.6 Å². The SMILES string of the molecule is COc1cc(N)c(Cl)cc1C(=O)NC1CCN(CCCCCC(=O)Nc2cc(C)cc(C)n2)CC1OC. The first-order valence-corrected chi connectivity index (χ1v) is 13.0. The van der Waals surface area contributed by atoms with E-state index in [1.807, 2.05) is 26.0 Å². The monoisotopic (exact) mass is 531 g/mol. The van der Waals surface area contributed by atoms with Crippen molar-refractivity contribution >= 4 is 34.9 Å². The number of amides is 2. The number of ether oxygens (including phenoxy) is 2. The van der Waals surface area contributed by atoms with Crippen LogP contribution in [0.4, 0.5) is 11.5 Å². The molecule has 1 saturated heterocycles. The molecule has 202 valence electrons. The van der Waals surface area contributed by atoms with Crippen LogP contribution in [0.5, 0.6) is 5.75 Å². The lowest BCUT2D eigenvalue weighted by Crippen LogP contribution is -2.54.